The lowest BCUT2D eigenvalue weighted by Crippen LogP contribution is -2.28. The Hall–Kier alpha value is -1.81. The summed E-state index contributed by atoms with van der Waals surface area (Å²) in [5.74, 6) is 0.521. The molecule has 0 aliphatic heterocycles. The molecule has 0 saturated carbocycles. The average Bonchev–Trinajstić information content (AvgIpc) is 2.88. The van der Waals surface area contributed by atoms with Gasteiger partial charge in [-0.1, -0.05) is 43.7 Å². The van der Waals surface area contributed by atoms with E-state index in [1.807, 2.05) is 12.4 Å². The third-order valence-electron chi connectivity index (χ3n) is 3.70. The van der Waals surface area contributed by atoms with Crippen LogP contribution in [-0.4, -0.2) is 27.5 Å². The van der Waals surface area contributed by atoms with Crippen molar-refractivity contribution in [3.05, 3.63) is 47.8 Å². The molecular formula is C17H25N3O. The van der Waals surface area contributed by atoms with Crippen molar-refractivity contribution in [2.75, 3.05) is 11.9 Å². The molecule has 1 atom stereocenters. The zero-order valence-corrected chi connectivity index (χ0v) is 13.1. The van der Waals surface area contributed by atoms with Crippen LogP contribution in [-0.2, 0) is 13.0 Å². The molecule has 21 heavy (non-hydrogen) atoms. The van der Waals surface area contributed by atoms with E-state index >= 15 is 0 Å². The number of aliphatic hydroxyl groups is 1. The van der Waals surface area contributed by atoms with E-state index in [0.717, 1.165) is 12.1 Å². The maximum absolute atomic E-state index is 8.94. The Bertz CT molecular complexity index is 545. The number of nitrogens with zero attached hydrogens (tertiary/aromatic N) is 2. The van der Waals surface area contributed by atoms with Gasteiger partial charge in [0, 0.05) is 12.2 Å². The number of nitrogens with one attached hydrogen (secondary N) is 1. The maximum Gasteiger partial charge on any atom is 0.0728 e. The van der Waals surface area contributed by atoms with Gasteiger partial charge in [-0.2, -0.15) is 5.10 Å². The predicted molar refractivity (Wildman–Crippen MR) is 86.4 cm³/mol. The summed E-state index contributed by atoms with van der Waals surface area (Å²) in [5, 5.41) is 16.7. The number of hydrogen-bond donors (Lipinski definition) is 2. The molecule has 114 valence electrons. The Kier molecular flexibility index (Phi) is 5.39. The molecule has 0 aliphatic rings. The third-order valence-corrected chi connectivity index (χ3v) is 3.70. The van der Waals surface area contributed by atoms with E-state index in [1.54, 1.807) is 4.68 Å². The van der Waals surface area contributed by atoms with Gasteiger partial charge in [-0.3, -0.25) is 4.68 Å². The number of benzene rings is 1. The molecule has 1 unspecified atom stereocenters. The van der Waals surface area contributed by atoms with Crippen LogP contribution in [0.25, 0.3) is 0 Å². The lowest BCUT2D eigenvalue weighted by Gasteiger charge is -2.23. The van der Waals surface area contributed by atoms with E-state index in [4.69, 9.17) is 5.11 Å². The van der Waals surface area contributed by atoms with Crippen molar-refractivity contribution in [1.29, 1.82) is 0 Å². The first-order chi connectivity index (χ1) is 10.1. The zero-order chi connectivity index (χ0) is 15.2. The van der Waals surface area contributed by atoms with Gasteiger partial charge in [0.25, 0.3) is 0 Å². The molecule has 0 radical (unpaired) electrons. The first-order valence-electron chi connectivity index (χ1n) is 7.54. The van der Waals surface area contributed by atoms with Gasteiger partial charge in [0.1, 0.15) is 0 Å². The summed E-state index contributed by atoms with van der Waals surface area (Å²) in [4.78, 5) is 0. The summed E-state index contributed by atoms with van der Waals surface area (Å²) in [6, 6.07) is 9.07. The molecule has 0 amide bonds. The minimum atomic E-state index is 0.109. The summed E-state index contributed by atoms with van der Waals surface area (Å²) < 4.78 is 1.76. The van der Waals surface area contributed by atoms with Crippen LogP contribution in [0, 0.1) is 12.8 Å². The van der Waals surface area contributed by atoms with Crippen LogP contribution in [0.15, 0.2) is 36.7 Å². The van der Waals surface area contributed by atoms with Crippen LogP contribution in [0.2, 0.25) is 0 Å². The second-order valence-electron chi connectivity index (χ2n) is 5.90. The smallest absolute Gasteiger partial charge is 0.0728 e. The standard InChI is InChI=1S/C17H25N3O/c1-13(2)17(10-15-6-4-14(3)5-7-15)19-16-11-18-20(12-16)8-9-21/h4-7,11-13,17,19,21H,8-10H2,1-3H3. The van der Waals surface area contributed by atoms with Crippen molar-refractivity contribution in [3.8, 4) is 0 Å². The number of aryl methyl sites for hydroxylation is 1. The molecule has 2 aromatic rings. The lowest BCUT2D eigenvalue weighted by molar-refractivity contribution is 0.269. The SMILES string of the molecule is Cc1ccc(CC(Nc2cnn(CCO)c2)C(C)C)cc1. The molecule has 2 N–H and O–H groups in total. The molecule has 0 saturated heterocycles. The second-order valence-corrected chi connectivity index (χ2v) is 5.90. The number of hydrogen-bond acceptors (Lipinski definition) is 3. The van der Waals surface area contributed by atoms with Crippen LogP contribution in [0.1, 0.15) is 25.0 Å². The van der Waals surface area contributed by atoms with Gasteiger partial charge >= 0.3 is 0 Å². The summed E-state index contributed by atoms with van der Waals surface area (Å²) in [5.41, 5.74) is 3.64. The molecule has 1 aromatic heterocycles. The topological polar surface area (TPSA) is 50.1 Å². The van der Waals surface area contributed by atoms with Crippen LogP contribution in [0.5, 0.6) is 0 Å². The Morgan fingerprint density at radius 3 is 2.57 bits per heavy atom. The zero-order valence-electron chi connectivity index (χ0n) is 13.1. The quantitative estimate of drug-likeness (QED) is 0.823. The molecule has 0 fully saturated rings. The highest BCUT2D eigenvalue weighted by Crippen LogP contribution is 2.17. The van der Waals surface area contributed by atoms with Crippen molar-refractivity contribution in [2.24, 2.45) is 5.92 Å². The Morgan fingerprint density at radius 1 is 1.24 bits per heavy atom. The van der Waals surface area contributed by atoms with Crippen molar-refractivity contribution >= 4 is 5.69 Å². The number of rotatable bonds is 7. The van der Waals surface area contributed by atoms with E-state index < -0.39 is 0 Å². The minimum Gasteiger partial charge on any atom is -0.394 e. The molecule has 0 aliphatic carbocycles. The monoisotopic (exact) mass is 287 g/mol. The van der Waals surface area contributed by atoms with Crippen LogP contribution >= 0.6 is 0 Å². The van der Waals surface area contributed by atoms with Crippen molar-refractivity contribution in [2.45, 2.75) is 39.8 Å². The highest BCUT2D eigenvalue weighted by molar-refractivity contribution is 5.40. The molecular weight excluding hydrogens is 262 g/mol. The third kappa shape index (κ3) is 4.60. The van der Waals surface area contributed by atoms with Gasteiger partial charge in [0.15, 0.2) is 0 Å². The summed E-state index contributed by atoms with van der Waals surface area (Å²) in [6.07, 6.45) is 4.75. The Morgan fingerprint density at radius 2 is 1.95 bits per heavy atom. The molecule has 1 heterocycles. The van der Waals surface area contributed by atoms with Crippen LogP contribution < -0.4 is 5.32 Å². The molecule has 0 spiro atoms. The van der Waals surface area contributed by atoms with Crippen molar-refractivity contribution in [1.82, 2.24) is 9.78 Å². The van der Waals surface area contributed by atoms with Gasteiger partial charge in [0.2, 0.25) is 0 Å². The fourth-order valence-corrected chi connectivity index (χ4v) is 2.31. The molecule has 1 aromatic carbocycles. The summed E-state index contributed by atoms with van der Waals surface area (Å²) >= 11 is 0. The summed E-state index contributed by atoms with van der Waals surface area (Å²) in [7, 11) is 0. The predicted octanol–water partition coefficient (Wildman–Crippen LogP) is 2.86. The minimum absolute atomic E-state index is 0.109. The molecule has 4 nitrogen and oxygen atoms in total. The highest BCUT2D eigenvalue weighted by atomic mass is 16.3. The first-order valence-corrected chi connectivity index (χ1v) is 7.54. The van der Waals surface area contributed by atoms with Gasteiger partial charge in [-0.15, -0.1) is 0 Å². The molecule has 0 bridgehead atoms. The van der Waals surface area contributed by atoms with Crippen LogP contribution in [0.3, 0.4) is 0 Å². The molecule has 2 rings (SSSR count). The fourth-order valence-electron chi connectivity index (χ4n) is 2.31. The number of aromatic nitrogens is 2. The molecule has 4 heteroatoms. The fraction of sp³-hybridized carbons (Fsp3) is 0.471. The number of anilines is 1. The van der Waals surface area contributed by atoms with Crippen molar-refractivity contribution < 1.29 is 5.11 Å². The van der Waals surface area contributed by atoms with Crippen LogP contribution in [0.4, 0.5) is 5.69 Å². The highest BCUT2D eigenvalue weighted by Gasteiger charge is 2.14. The Balaban J connectivity index is 2.02. The average molecular weight is 287 g/mol. The second kappa shape index (κ2) is 7.27. The summed E-state index contributed by atoms with van der Waals surface area (Å²) in [6.45, 7) is 7.20. The Labute approximate surface area is 126 Å². The van der Waals surface area contributed by atoms with Gasteiger partial charge in [-0.25, -0.2) is 0 Å². The van der Waals surface area contributed by atoms with E-state index in [-0.39, 0.29) is 6.61 Å². The van der Waals surface area contributed by atoms with Gasteiger partial charge in [-0.05, 0) is 24.8 Å². The lowest BCUT2D eigenvalue weighted by atomic mass is 9.96. The van der Waals surface area contributed by atoms with Gasteiger partial charge in [0.05, 0.1) is 25.0 Å². The van der Waals surface area contributed by atoms with E-state index in [2.05, 4.69) is 55.5 Å². The first kappa shape index (κ1) is 15.6. The van der Waals surface area contributed by atoms with Crippen molar-refractivity contribution in [3.63, 3.8) is 0 Å². The van der Waals surface area contributed by atoms with Gasteiger partial charge < -0.3 is 10.4 Å². The maximum atomic E-state index is 8.94. The normalized spacial score (nSPS) is 12.6. The van der Waals surface area contributed by atoms with E-state index in [0.29, 0.717) is 18.5 Å². The largest absolute Gasteiger partial charge is 0.394 e. The number of aliphatic hydroxyl groups excluding tert-OH is 1. The van der Waals surface area contributed by atoms with E-state index in [1.165, 1.54) is 11.1 Å². The van der Waals surface area contributed by atoms with E-state index in [9.17, 15) is 0 Å².